The number of ketones is 2. The lowest BCUT2D eigenvalue weighted by Gasteiger charge is -2.30. The first-order valence-electron chi connectivity index (χ1n) is 11.5. The number of carbonyl (C=O) groups is 2. The van der Waals surface area contributed by atoms with Gasteiger partial charge in [0.25, 0.3) is 0 Å². The summed E-state index contributed by atoms with van der Waals surface area (Å²) in [7, 11) is 0. The molecule has 0 amide bonds. The molecule has 3 heterocycles. The number of hydrogen-bond donors (Lipinski definition) is 1. The molecule has 1 aromatic heterocycles. The maximum Gasteiger partial charge on any atom is 0.321 e. The number of hydrogen-bond acceptors (Lipinski definition) is 8. The normalized spacial score (nSPS) is 21.2. The summed E-state index contributed by atoms with van der Waals surface area (Å²) in [6.07, 6.45) is 4.26. The van der Waals surface area contributed by atoms with Crippen molar-refractivity contribution in [3.63, 3.8) is 0 Å². The van der Waals surface area contributed by atoms with Crippen molar-refractivity contribution >= 4 is 23.2 Å². The number of likely N-dealkylation sites (tertiary alicyclic amines) is 1. The van der Waals surface area contributed by atoms with E-state index in [1.165, 1.54) is 18.4 Å². The van der Waals surface area contributed by atoms with Crippen molar-refractivity contribution in [3.8, 4) is 6.01 Å². The molecule has 168 valence electrons. The van der Waals surface area contributed by atoms with Crippen LogP contribution in [0.2, 0.25) is 0 Å². The van der Waals surface area contributed by atoms with Gasteiger partial charge in [-0.1, -0.05) is 24.3 Å². The van der Waals surface area contributed by atoms with E-state index in [4.69, 9.17) is 10.5 Å². The first kappa shape index (κ1) is 20.9. The summed E-state index contributed by atoms with van der Waals surface area (Å²) in [4.78, 5) is 37.7. The Morgan fingerprint density at radius 3 is 2.59 bits per heavy atom. The molecule has 1 aromatic carbocycles. The summed E-state index contributed by atoms with van der Waals surface area (Å²) in [6, 6.07) is 8.62. The molecule has 0 radical (unpaired) electrons. The maximum absolute atomic E-state index is 12.4. The average Bonchev–Trinajstić information content (AvgIpc) is 3.41. The van der Waals surface area contributed by atoms with E-state index in [0.29, 0.717) is 30.8 Å². The molecule has 5 rings (SSSR count). The van der Waals surface area contributed by atoms with Crippen LogP contribution in [0.15, 0.2) is 24.3 Å². The van der Waals surface area contributed by atoms with Crippen LogP contribution in [0.4, 0.5) is 11.6 Å². The third-order valence-corrected chi connectivity index (χ3v) is 6.50. The van der Waals surface area contributed by atoms with Crippen LogP contribution in [-0.2, 0) is 29.1 Å². The Bertz CT molecular complexity index is 1030. The standard InChI is InChI=1S/C24H29N5O3/c25-22-19-12-18(30)15-29(23(19)27-24(26-22)32-21-8-4-7-20(21)31)14-17-6-3-5-16(11-17)13-28-9-1-2-10-28/h3,5-6,11,21H,1-2,4,7-10,12-15H2,(H2,25,26,27). The van der Waals surface area contributed by atoms with Crippen molar-refractivity contribution in [2.24, 2.45) is 0 Å². The molecular formula is C24H29N5O3. The number of Topliss-reactive ketones (excluding diaryl/α,β-unsaturated/α-hetero) is 2. The average molecular weight is 436 g/mol. The van der Waals surface area contributed by atoms with Crippen molar-refractivity contribution in [1.29, 1.82) is 0 Å². The summed E-state index contributed by atoms with van der Waals surface area (Å²) in [6.45, 7) is 4.07. The number of benzene rings is 1. The molecule has 32 heavy (non-hydrogen) atoms. The van der Waals surface area contributed by atoms with E-state index in [1.54, 1.807) is 0 Å². The summed E-state index contributed by atoms with van der Waals surface area (Å²) < 4.78 is 5.78. The molecule has 3 aliphatic rings. The minimum atomic E-state index is -0.506. The largest absolute Gasteiger partial charge is 0.452 e. The smallest absolute Gasteiger partial charge is 0.321 e. The number of nitrogen functional groups attached to an aromatic ring is 1. The van der Waals surface area contributed by atoms with Gasteiger partial charge in [0.15, 0.2) is 17.7 Å². The second-order valence-electron chi connectivity index (χ2n) is 9.03. The van der Waals surface area contributed by atoms with E-state index in [0.717, 1.165) is 31.6 Å². The molecular weight excluding hydrogens is 406 g/mol. The molecule has 1 unspecified atom stereocenters. The van der Waals surface area contributed by atoms with E-state index in [9.17, 15) is 9.59 Å². The SMILES string of the molecule is Nc1nc(OC2CCCC2=O)nc2c1CC(=O)CN2Cc1cccc(CN2CCCC2)c1. The maximum atomic E-state index is 12.4. The van der Waals surface area contributed by atoms with Gasteiger partial charge in [0.05, 0.1) is 6.54 Å². The van der Waals surface area contributed by atoms with Crippen LogP contribution >= 0.6 is 0 Å². The van der Waals surface area contributed by atoms with Gasteiger partial charge >= 0.3 is 6.01 Å². The quantitative estimate of drug-likeness (QED) is 0.737. The van der Waals surface area contributed by atoms with E-state index >= 15 is 0 Å². The third-order valence-electron chi connectivity index (χ3n) is 6.50. The highest BCUT2D eigenvalue weighted by molar-refractivity contribution is 5.91. The van der Waals surface area contributed by atoms with E-state index in [2.05, 4.69) is 39.1 Å². The highest BCUT2D eigenvalue weighted by Crippen LogP contribution is 2.31. The van der Waals surface area contributed by atoms with Crippen LogP contribution in [0.1, 0.15) is 48.8 Å². The first-order valence-corrected chi connectivity index (χ1v) is 11.5. The van der Waals surface area contributed by atoms with Crippen LogP contribution in [0.3, 0.4) is 0 Å². The lowest BCUT2D eigenvalue weighted by molar-refractivity contribution is -0.123. The molecule has 8 heteroatoms. The molecule has 2 fully saturated rings. The van der Waals surface area contributed by atoms with Crippen LogP contribution in [-0.4, -0.2) is 52.2 Å². The van der Waals surface area contributed by atoms with Crippen LogP contribution in [0, 0.1) is 0 Å². The molecule has 8 nitrogen and oxygen atoms in total. The zero-order valence-corrected chi connectivity index (χ0v) is 18.3. The number of rotatable bonds is 6. The van der Waals surface area contributed by atoms with Gasteiger partial charge in [-0.3, -0.25) is 14.5 Å². The topological polar surface area (TPSA) is 102 Å². The molecule has 2 N–H and O–H groups in total. The lowest BCUT2D eigenvalue weighted by atomic mass is 10.0. The number of anilines is 2. The van der Waals surface area contributed by atoms with Crippen molar-refractivity contribution in [1.82, 2.24) is 14.9 Å². The predicted molar refractivity (Wildman–Crippen MR) is 120 cm³/mol. The molecule has 0 bridgehead atoms. The Morgan fingerprint density at radius 1 is 1.06 bits per heavy atom. The first-order chi connectivity index (χ1) is 15.5. The molecule has 1 aliphatic carbocycles. The Hall–Kier alpha value is -3.00. The van der Waals surface area contributed by atoms with Gasteiger partial charge in [0.2, 0.25) is 0 Å². The summed E-state index contributed by atoms with van der Waals surface area (Å²) in [5, 5.41) is 0. The molecule has 1 atom stereocenters. The van der Waals surface area contributed by atoms with Crippen molar-refractivity contribution < 1.29 is 14.3 Å². The lowest BCUT2D eigenvalue weighted by Crippen LogP contribution is -2.37. The Labute approximate surface area is 187 Å². The number of nitrogens with zero attached hydrogens (tertiary/aromatic N) is 4. The highest BCUT2D eigenvalue weighted by atomic mass is 16.5. The van der Waals surface area contributed by atoms with Crippen LogP contribution < -0.4 is 15.4 Å². The van der Waals surface area contributed by atoms with Gasteiger partial charge in [0.1, 0.15) is 11.6 Å². The van der Waals surface area contributed by atoms with Gasteiger partial charge in [0, 0.05) is 31.5 Å². The van der Waals surface area contributed by atoms with Gasteiger partial charge in [-0.2, -0.15) is 9.97 Å². The van der Waals surface area contributed by atoms with Gasteiger partial charge in [-0.05, 0) is 49.9 Å². The molecule has 0 spiro atoms. The number of aromatic nitrogens is 2. The minimum absolute atomic E-state index is 0.0757. The second-order valence-corrected chi connectivity index (χ2v) is 9.03. The Balaban J connectivity index is 1.38. The van der Waals surface area contributed by atoms with Gasteiger partial charge in [-0.25, -0.2) is 0 Å². The monoisotopic (exact) mass is 435 g/mol. The van der Waals surface area contributed by atoms with Crippen molar-refractivity contribution in [3.05, 3.63) is 41.0 Å². The molecule has 1 saturated heterocycles. The van der Waals surface area contributed by atoms with E-state index in [-0.39, 0.29) is 36.4 Å². The number of fused-ring (bicyclic) bond motifs is 1. The fraction of sp³-hybridized carbons (Fsp3) is 0.500. The molecule has 1 saturated carbocycles. The highest BCUT2D eigenvalue weighted by Gasteiger charge is 2.31. The summed E-state index contributed by atoms with van der Waals surface area (Å²) in [5.74, 6) is 1.03. The second kappa shape index (κ2) is 8.86. The van der Waals surface area contributed by atoms with E-state index < -0.39 is 6.10 Å². The van der Waals surface area contributed by atoms with E-state index in [1.807, 2.05) is 4.90 Å². The van der Waals surface area contributed by atoms with Crippen LogP contribution in [0.25, 0.3) is 0 Å². The van der Waals surface area contributed by atoms with Crippen LogP contribution in [0.5, 0.6) is 6.01 Å². The summed E-state index contributed by atoms with van der Waals surface area (Å²) in [5.41, 5.74) is 9.22. The molecule has 2 aromatic rings. The third kappa shape index (κ3) is 4.46. The Morgan fingerprint density at radius 2 is 1.84 bits per heavy atom. The van der Waals surface area contributed by atoms with Gasteiger partial charge in [-0.15, -0.1) is 0 Å². The fourth-order valence-corrected chi connectivity index (χ4v) is 4.90. The fourth-order valence-electron chi connectivity index (χ4n) is 4.90. The van der Waals surface area contributed by atoms with Crippen molar-refractivity contribution in [2.75, 3.05) is 30.3 Å². The zero-order valence-electron chi connectivity index (χ0n) is 18.3. The number of nitrogens with two attached hydrogens (primary N) is 1. The zero-order chi connectivity index (χ0) is 22.1. The minimum Gasteiger partial charge on any atom is -0.452 e. The predicted octanol–water partition coefficient (Wildman–Crippen LogP) is 2.29. The number of carbonyl (C=O) groups excluding carboxylic acids is 2. The Kier molecular flexibility index (Phi) is 5.78. The number of ether oxygens (including phenoxy) is 1. The van der Waals surface area contributed by atoms with Gasteiger partial charge < -0.3 is 15.4 Å². The van der Waals surface area contributed by atoms with Crippen molar-refractivity contribution in [2.45, 2.75) is 57.7 Å². The summed E-state index contributed by atoms with van der Waals surface area (Å²) >= 11 is 0. The molecule has 2 aliphatic heterocycles.